The van der Waals surface area contributed by atoms with Crippen LogP contribution in [0.1, 0.15) is 58.3 Å². The lowest BCUT2D eigenvalue weighted by atomic mass is 10.0. The molecule has 0 saturated carbocycles. The third kappa shape index (κ3) is 5.23. The molecule has 1 aliphatic rings. The number of rotatable bonds is 6. The predicted octanol–water partition coefficient (Wildman–Crippen LogP) is 4.58. The lowest BCUT2D eigenvalue weighted by Crippen LogP contribution is -2.18. The molecule has 1 heterocycles. The van der Waals surface area contributed by atoms with Crippen molar-refractivity contribution >= 4 is 11.8 Å². The molecule has 0 amide bonds. The van der Waals surface area contributed by atoms with Gasteiger partial charge >= 0.3 is 0 Å². The summed E-state index contributed by atoms with van der Waals surface area (Å²) in [7, 11) is 0. The zero-order valence-electron chi connectivity index (χ0n) is 9.30. The van der Waals surface area contributed by atoms with E-state index in [4.69, 9.17) is 0 Å². The molecule has 0 bridgehead atoms. The van der Waals surface area contributed by atoms with Crippen LogP contribution in [0.2, 0.25) is 0 Å². The number of hydrogen-bond donors (Lipinski definition) is 0. The molecular weight excluding hydrogens is 195 g/mol. The topological polar surface area (TPSA) is 0 Å². The second kappa shape index (κ2) is 7.56. The molecule has 1 saturated heterocycles. The Labute approximate surface area is 92.0 Å². The fraction of sp³-hybridized carbons (Fsp3) is 1.00. The van der Waals surface area contributed by atoms with E-state index in [1.54, 1.807) is 0 Å². The Morgan fingerprint density at radius 2 is 2.00 bits per heavy atom. The molecule has 0 N–H and O–H groups in total. The van der Waals surface area contributed by atoms with Gasteiger partial charge in [0.1, 0.15) is 6.17 Å². The van der Waals surface area contributed by atoms with Crippen molar-refractivity contribution in [2.75, 3.05) is 5.75 Å². The molecular formula is C12H23FS. The molecule has 0 aromatic carbocycles. The Kier molecular flexibility index (Phi) is 6.67. The largest absolute Gasteiger partial charge is 0.247 e. The maximum absolute atomic E-state index is 13.1. The van der Waals surface area contributed by atoms with Gasteiger partial charge in [0, 0.05) is 5.25 Å². The van der Waals surface area contributed by atoms with Crippen molar-refractivity contribution in [2.24, 2.45) is 0 Å². The minimum Gasteiger partial charge on any atom is -0.247 e. The van der Waals surface area contributed by atoms with Crippen LogP contribution in [-0.2, 0) is 0 Å². The van der Waals surface area contributed by atoms with Crippen LogP contribution in [0, 0.1) is 0 Å². The Hall–Kier alpha value is 0.280. The SMILES string of the molecule is CCCCCCC[C@H]1CC(F)CCS1. The fourth-order valence-corrected chi connectivity index (χ4v) is 3.41. The average Bonchev–Trinajstić information content (AvgIpc) is 2.18. The van der Waals surface area contributed by atoms with E-state index in [2.05, 4.69) is 6.92 Å². The van der Waals surface area contributed by atoms with Gasteiger partial charge in [0.05, 0.1) is 0 Å². The highest BCUT2D eigenvalue weighted by atomic mass is 32.2. The van der Waals surface area contributed by atoms with Crippen LogP contribution < -0.4 is 0 Å². The predicted molar refractivity (Wildman–Crippen MR) is 63.8 cm³/mol. The fourth-order valence-electron chi connectivity index (χ4n) is 2.01. The molecule has 0 aromatic rings. The number of hydrogen-bond acceptors (Lipinski definition) is 1. The van der Waals surface area contributed by atoms with Gasteiger partial charge < -0.3 is 0 Å². The Bertz CT molecular complexity index is 138. The first-order valence-electron chi connectivity index (χ1n) is 6.08. The molecule has 2 heteroatoms. The summed E-state index contributed by atoms with van der Waals surface area (Å²) in [5.74, 6) is 1.04. The zero-order chi connectivity index (χ0) is 10.2. The minimum absolute atomic E-state index is 0.503. The van der Waals surface area contributed by atoms with Crippen molar-refractivity contribution in [1.29, 1.82) is 0 Å². The standard InChI is InChI=1S/C12H23FS/c1-2-3-4-5-6-7-12-10-11(13)8-9-14-12/h11-12H,2-10H2,1H3/t11?,12-/m0/s1. The van der Waals surface area contributed by atoms with Crippen molar-refractivity contribution in [3.05, 3.63) is 0 Å². The van der Waals surface area contributed by atoms with Crippen molar-refractivity contribution in [2.45, 2.75) is 69.7 Å². The smallest absolute Gasteiger partial charge is 0.102 e. The first kappa shape index (κ1) is 12.4. The van der Waals surface area contributed by atoms with E-state index < -0.39 is 6.17 Å². The minimum atomic E-state index is -0.503. The molecule has 1 unspecified atom stereocenters. The van der Waals surface area contributed by atoms with Crippen LogP contribution in [0.5, 0.6) is 0 Å². The van der Waals surface area contributed by atoms with Crippen molar-refractivity contribution < 1.29 is 4.39 Å². The first-order chi connectivity index (χ1) is 6.83. The molecule has 0 spiro atoms. The second-order valence-corrected chi connectivity index (χ2v) is 5.73. The van der Waals surface area contributed by atoms with Crippen LogP contribution >= 0.6 is 11.8 Å². The summed E-state index contributed by atoms with van der Waals surface area (Å²) in [4.78, 5) is 0. The normalized spacial score (nSPS) is 27.9. The summed E-state index contributed by atoms with van der Waals surface area (Å²) in [6, 6.07) is 0. The molecule has 84 valence electrons. The van der Waals surface area contributed by atoms with E-state index in [1.165, 1.54) is 38.5 Å². The highest BCUT2D eigenvalue weighted by Gasteiger charge is 2.21. The van der Waals surface area contributed by atoms with Gasteiger partial charge in [-0.3, -0.25) is 0 Å². The summed E-state index contributed by atoms with van der Waals surface area (Å²) in [5, 5.41) is 0.625. The van der Waals surface area contributed by atoms with Gasteiger partial charge in [0.2, 0.25) is 0 Å². The third-order valence-corrected chi connectivity index (χ3v) is 4.30. The van der Waals surface area contributed by atoms with E-state index >= 15 is 0 Å². The summed E-state index contributed by atoms with van der Waals surface area (Å²) in [5.41, 5.74) is 0. The van der Waals surface area contributed by atoms with E-state index in [9.17, 15) is 4.39 Å². The molecule has 0 radical (unpaired) electrons. The van der Waals surface area contributed by atoms with Gasteiger partial charge in [0.15, 0.2) is 0 Å². The van der Waals surface area contributed by atoms with E-state index in [-0.39, 0.29) is 0 Å². The van der Waals surface area contributed by atoms with Gasteiger partial charge in [-0.2, -0.15) is 11.8 Å². The molecule has 2 atom stereocenters. The van der Waals surface area contributed by atoms with Crippen LogP contribution in [-0.4, -0.2) is 17.2 Å². The van der Waals surface area contributed by atoms with Crippen molar-refractivity contribution in [1.82, 2.24) is 0 Å². The van der Waals surface area contributed by atoms with Gasteiger partial charge in [0.25, 0.3) is 0 Å². The maximum atomic E-state index is 13.1. The van der Waals surface area contributed by atoms with Crippen LogP contribution in [0.25, 0.3) is 0 Å². The van der Waals surface area contributed by atoms with E-state index in [1.807, 2.05) is 11.8 Å². The van der Waals surface area contributed by atoms with E-state index in [0.717, 1.165) is 18.6 Å². The number of alkyl halides is 1. The molecule has 1 fully saturated rings. The van der Waals surface area contributed by atoms with Gasteiger partial charge in [-0.25, -0.2) is 4.39 Å². The second-order valence-electron chi connectivity index (χ2n) is 4.32. The number of thioether (sulfide) groups is 1. The third-order valence-electron chi connectivity index (χ3n) is 2.93. The first-order valence-corrected chi connectivity index (χ1v) is 7.13. The summed E-state index contributed by atoms with van der Waals surface area (Å²) in [6.07, 6.45) is 9.05. The maximum Gasteiger partial charge on any atom is 0.102 e. The highest BCUT2D eigenvalue weighted by molar-refractivity contribution is 7.99. The van der Waals surface area contributed by atoms with Crippen molar-refractivity contribution in [3.8, 4) is 0 Å². The van der Waals surface area contributed by atoms with Crippen LogP contribution in [0.15, 0.2) is 0 Å². The lowest BCUT2D eigenvalue weighted by molar-refractivity contribution is 0.294. The van der Waals surface area contributed by atoms with Gasteiger partial charge in [-0.05, 0) is 25.0 Å². The molecule has 0 aromatic heterocycles. The van der Waals surface area contributed by atoms with Crippen LogP contribution in [0.3, 0.4) is 0 Å². The quantitative estimate of drug-likeness (QED) is 0.588. The summed E-state index contributed by atoms with van der Waals surface area (Å²) < 4.78 is 13.1. The summed E-state index contributed by atoms with van der Waals surface area (Å²) in [6.45, 7) is 2.24. The molecule has 0 nitrogen and oxygen atoms in total. The van der Waals surface area contributed by atoms with Gasteiger partial charge in [-0.1, -0.05) is 39.0 Å². The molecule has 0 aliphatic carbocycles. The molecule has 14 heavy (non-hydrogen) atoms. The molecule has 1 rings (SSSR count). The Balaban J connectivity index is 1.95. The molecule has 1 aliphatic heterocycles. The van der Waals surface area contributed by atoms with Gasteiger partial charge in [-0.15, -0.1) is 0 Å². The number of halogens is 1. The van der Waals surface area contributed by atoms with Crippen LogP contribution in [0.4, 0.5) is 4.39 Å². The zero-order valence-corrected chi connectivity index (χ0v) is 10.1. The lowest BCUT2D eigenvalue weighted by Gasteiger charge is -2.23. The Morgan fingerprint density at radius 1 is 1.21 bits per heavy atom. The highest BCUT2D eigenvalue weighted by Crippen LogP contribution is 2.30. The monoisotopic (exact) mass is 218 g/mol. The summed E-state index contributed by atoms with van der Waals surface area (Å²) >= 11 is 1.99. The Morgan fingerprint density at radius 3 is 2.71 bits per heavy atom. The van der Waals surface area contributed by atoms with Crippen molar-refractivity contribution in [3.63, 3.8) is 0 Å². The van der Waals surface area contributed by atoms with E-state index in [0.29, 0.717) is 5.25 Å². The average molecular weight is 218 g/mol. The number of unbranched alkanes of at least 4 members (excludes halogenated alkanes) is 4.